The van der Waals surface area contributed by atoms with Crippen LogP contribution in [0.1, 0.15) is 19.8 Å². The number of hydrogen-bond donors (Lipinski definition) is 1. The third-order valence-electron chi connectivity index (χ3n) is 2.44. The first kappa shape index (κ1) is 13.3. The Hall–Kier alpha value is -2.18. The molecule has 2 heterocycles. The highest BCUT2D eigenvalue weighted by Crippen LogP contribution is 2.07. The first-order chi connectivity index (χ1) is 9.19. The lowest BCUT2D eigenvalue weighted by Crippen LogP contribution is -2.08. The van der Waals surface area contributed by atoms with Crippen molar-refractivity contribution in [2.45, 2.75) is 19.8 Å². The molecule has 0 bridgehead atoms. The normalized spacial score (nSPS) is 10.6. The van der Waals surface area contributed by atoms with E-state index < -0.39 is 0 Å². The van der Waals surface area contributed by atoms with Gasteiger partial charge in [0.05, 0.1) is 12.8 Å². The molecule has 0 radical (unpaired) electrons. The summed E-state index contributed by atoms with van der Waals surface area (Å²) in [5.74, 6) is -0.171. The molecule has 0 fully saturated rings. The molecule has 0 unspecified atom stereocenters. The fraction of sp³-hybridized carbons (Fsp3) is 0.417. The number of aromatic nitrogens is 3. The molecule has 0 spiro atoms. The molecular formula is C12H15FN4O2. The third-order valence-corrected chi connectivity index (χ3v) is 2.44. The summed E-state index contributed by atoms with van der Waals surface area (Å²) >= 11 is 0. The number of hydrogen-bond acceptors (Lipinski definition) is 5. The highest BCUT2D eigenvalue weighted by atomic mass is 19.1. The van der Waals surface area contributed by atoms with Gasteiger partial charge in [0.2, 0.25) is 5.95 Å². The van der Waals surface area contributed by atoms with Crippen LogP contribution in [-0.4, -0.2) is 33.7 Å². The Morgan fingerprint density at radius 2 is 2.37 bits per heavy atom. The predicted molar refractivity (Wildman–Crippen MR) is 67.3 cm³/mol. The highest BCUT2D eigenvalue weighted by molar-refractivity contribution is 5.69. The van der Waals surface area contributed by atoms with E-state index in [1.54, 1.807) is 13.0 Å². The average molecular weight is 266 g/mol. The maximum atomic E-state index is 13.0. The Morgan fingerprint density at radius 1 is 1.53 bits per heavy atom. The summed E-state index contributed by atoms with van der Waals surface area (Å²) < 4.78 is 19.1. The molecule has 0 amide bonds. The van der Waals surface area contributed by atoms with Crippen molar-refractivity contribution in [1.82, 2.24) is 14.6 Å². The minimum absolute atomic E-state index is 0.214. The molecular weight excluding hydrogens is 251 g/mol. The second-order valence-electron chi connectivity index (χ2n) is 3.92. The lowest BCUT2D eigenvalue weighted by atomic mass is 10.3. The van der Waals surface area contributed by atoms with Crippen LogP contribution < -0.4 is 5.32 Å². The first-order valence-electron chi connectivity index (χ1n) is 6.10. The predicted octanol–water partition coefficient (Wildman–Crippen LogP) is 1.62. The molecule has 0 aliphatic heterocycles. The summed E-state index contributed by atoms with van der Waals surface area (Å²) in [6.07, 6.45) is 2.23. The number of pyridine rings is 1. The van der Waals surface area contributed by atoms with E-state index in [1.165, 1.54) is 16.8 Å². The Bertz CT molecular complexity index is 570. The van der Waals surface area contributed by atoms with Crippen LogP contribution in [0.3, 0.4) is 0 Å². The molecule has 0 saturated carbocycles. The van der Waals surface area contributed by atoms with Gasteiger partial charge in [-0.3, -0.25) is 4.79 Å². The topological polar surface area (TPSA) is 68.5 Å². The summed E-state index contributed by atoms with van der Waals surface area (Å²) in [4.78, 5) is 15.3. The Balaban J connectivity index is 1.83. The zero-order valence-corrected chi connectivity index (χ0v) is 10.6. The standard InChI is InChI=1S/C12H15FN4O2/c1-2-19-11(18)4-3-7-14-12-15-10-6-5-9(13)8-17(10)16-12/h5-6,8H,2-4,7H2,1H3,(H,14,16). The lowest BCUT2D eigenvalue weighted by Gasteiger charge is -2.02. The Kier molecular flexibility index (Phi) is 4.27. The van der Waals surface area contributed by atoms with Gasteiger partial charge in [0, 0.05) is 13.0 Å². The van der Waals surface area contributed by atoms with Gasteiger partial charge in [0.1, 0.15) is 5.82 Å². The summed E-state index contributed by atoms with van der Waals surface area (Å²) in [5.41, 5.74) is 0.564. The van der Waals surface area contributed by atoms with E-state index in [0.717, 1.165) is 0 Å². The largest absolute Gasteiger partial charge is 0.466 e. The second kappa shape index (κ2) is 6.12. The number of anilines is 1. The van der Waals surface area contributed by atoms with E-state index in [1.807, 2.05) is 0 Å². The summed E-state index contributed by atoms with van der Waals surface area (Å²) in [6.45, 7) is 2.72. The van der Waals surface area contributed by atoms with Crippen molar-refractivity contribution in [2.75, 3.05) is 18.5 Å². The number of esters is 1. The van der Waals surface area contributed by atoms with Gasteiger partial charge in [0.25, 0.3) is 0 Å². The maximum Gasteiger partial charge on any atom is 0.305 e. The van der Waals surface area contributed by atoms with Crippen molar-refractivity contribution in [3.63, 3.8) is 0 Å². The van der Waals surface area contributed by atoms with Gasteiger partial charge in [-0.1, -0.05) is 0 Å². The molecule has 0 atom stereocenters. The van der Waals surface area contributed by atoms with Gasteiger partial charge in [-0.15, -0.1) is 5.10 Å². The van der Waals surface area contributed by atoms with Crippen LogP contribution in [0.4, 0.5) is 10.3 Å². The van der Waals surface area contributed by atoms with Gasteiger partial charge in [-0.25, -0.2) is 8.91 Å². The minimum Gasteiger partial charge on any atom is -0.466 e. The van der Waals surface area contributed by atoms with Crippen LogP contribution >= 0.6 is 0 Å². The lowest BCUT2D eigenvalue weighted by molar-refractivity contribution is -0.143. The molecule has 0 saturated heterocycles. The summed E-state index contributed by atoms with van der Waals surface area (Å²) in [7, 11) is 0. The van der Waals surface area contributed by atoms with Crippen molar-refractivity contribution in [3.8, 4) is 0 Å². The van der Waals surface area contributed by atoms with E-state index in [-0.39, 0.29) is 11.8 Å². The van der Waals surface area contributed by atoms with Crippen LogP contribution in [0.2, 0.25) is 0 Å². The maximum absolute atomic E-state index is 13.0. The van der Waals surface area contributed by atoms with Crippen molar-refractivity contribution in [1.29, 1.82) is 0 Å². The summed E-state index contributed by atoms with van der Waals surface area (Å²) in [6, 6.07) is 2.88. The number of halogens is 1. The van der Waals surface area contributed by atoms with E-state index in [0.29, 0.717) is 37.6 Å². The molecule has 102 valence electrons. The number of ether oxygens (including phenoxy) is 1. The molecule has 7 heteroatoms. The quantitative estimate of drug-likeness (QED) is 0.635. The zero-order chi connectivity index (χ0) is 13.7. The van der Waals surface area contributed by atoms with Gasteiger partial charge in [-0.05, 0) is 25.5 Å². The van der Waals surface area contributed by atoms with E-state index in [4.69, 9.17) is 4.74 Å². The Morgan fingerprint density at radius 3 is 3.16 bits per heavy atom. The number of nitrogens with one attached hydrogen (secondary N) is 1. The number of carbonyl (C=O) groups excluding carboxylic acids is 1. The van der Waals surface area contributed by atoms with Crippen LogP contribution in [0.25, 0.3) is 5.65 Å². The molecule has 6 nitrogen and oxygen atoms in total. The van der Waals surface area contributed by atoms with Gasteiger partial charge < -0.3 is 10.1 Å². The number of nitrogens with zero attached hydrogens (tertiary/aromatic N) is 3. The van der Waals surface area contributed by atoms with Crippen LogP contribution in [0.5, 0.6) is 0 Å². The van der Waals surface area contributed by atoms with Gasteiger partial charge in [-0.2, -0.15) is 4.98 Å². The SMILES string of the molecule is CCOC(=O)CCCNc1nc2ccc(F)cn2n1. The molecule has 2 aromatic rings. The van der Waals surface area contributed by atoms with Crippen molar-refractivity contribution < 1.29 is 13.9 Å². The fourth-order valence-corrected chi connectivity index (χ4v) is 1.60. The molecule has 1 N–H and O–H groups in total. The molecule has 0 aliphatic carbocycles. The molecule has 19 heavy (non-hydrogen) atoms. The van der Waals surface area contributed by atoms with Crippen LogP contribution in [-0.2, 0) is 9.53 Å². The van der Waals surface area contributed by atoms with Crippen molar-refractivity contribution >= 4 is 17.6 Å². The molecule has 0 aliphatic rings. The highest BCUT2D eigenvalue weighted by Gasteiger charge is 2.05. The number of fused-ring (bicyclic) bond motifs is 1. The molecule has 2 aromatic heterocycles. The number of rotatable bonds is 6. The second-order valence-corrected chi connectivity index (χ2v) is 3.92. The molecule has 2 rings (SSSR count). The van der Waals surface area contributed by atoms with E-state index in [2.05, 4.69) is 15.4 Å². The zero-order valence-electron chi connectivity index (χ0n) is 10.6. The van der Waals surface area contributed by atoms with Gasteiger partial charge in [0.15, 0.2) is 5.65 Å². The molecule has 0 aromatic carbocycles. The van der Waals surface area contributed by atoms with E-state index in [9.17, 15) is 9.18 Å². The Labute approximate surface area is 109 Å². The fourth-order valence-electron chi connectivity index (χ4n) is 1.60. The smallest absolute Gasteiger partial charge is 0.305 e. The third kappa shape index (κ3) is 3.64. The van der Waals surface area contributed by atoms with Crippen LogP contribution in [0, 0.1) is 5.82 Å². The van der Waals surface area contributed by atoms with Crippen molar-refractivity contribution in [2.24, 2.45) is 0 Å². The first-order valence-corrected chi connectivity index (χ1v) is 6.10. The van der Waals surface area contributed by atoms with E-state index >= 15 is 0 Å². The monoisotopic (exact) mass is 266 g/mol. The number of carbonyl (C=O) groups is 1. The van der Waals surface area contributed by atoms with Crippen LogP contribution in [0.15, 0.2) is 18.3 Å². The van der Waals surface area contributed by atoms with Crippen molar-refractivity contribution in [3.05, 3.63) is 24.1 Å². The van der Waals surface area contributed by atoms with Gasteiger partial charge >= 0.3 is 5.97 Å². The summed E-state index contributed by atoms with van der Waals surface area (Å²) in [5, 5.41) is 7.04. The average Bonchev–Trinajstić information content (AvgIpc) is 2.77. The minimum atomic E-state index is -0.369.